The summed E-state index contributed by atoms with van der Waals surface area (Å²) >= 11 is 1.80. The van der Waals surface area contributed by atoms with Crippen molar-refractivity contribution in [2.45, 2.75) is 44.5 Å². The second kappa shape index (κ2) is 18.2. The molecule has 266 valence electrons. The topological polar surface area (TPSA) is 140 Å². The lowest BCUT2D eigenvalue weighted by Crippen LogP contribution is -2.44. The number of rotatable bonds is 6. The van der Waals surface area contributed by atoms with Gasteiger partial charge in [0.15, 0.2) is 0 Å². The average Bonchev–Trinajstić information content (AvgIpc) is 3.58. The highest BCUT2D eigenvalue weighted by Crippen LogP contribution is 2.45. The predicted molar refractivity (Wildman–Crippen MR) is 147 cm³/mol. The number of carboxylic acid groups (broad SMARTS) is 3. The summed E-state index contributed by atoms with van der Waals surface area (Å²) < 4.78 is 101. The van der Waals surface area contributed by atoms with Crippen LogP contribution in [0.4, 0.5) is 39.5 Å². The molecule has 2 aliphatic heterocycles. The number of alkyl halides is 9. The van der Waals surface area contributed by atoms with E-state index in [9.17, 15) is 39.5 Å². The van der Waals surface area contributed by atoms with E-state index in [-0.39, 0.29) is 0 Å². The molecule has 20 heteroatoms. The highest BCUT2D eigenvalue weighted by molar-refractivity contribution is 7.07. The average molecular weight is 714 g/mol. The van der Waals surface area contributed by atoms with Gasteiger partial charge in [-0.25, -0.2) is 14.4 Å². The molecule has 2 aromatic rings. The second-order valence-electron chi connectivity index (χ2n) is 10.4. The number of carboxylic acids is 3. The van der Waals surface area contributed by atoms with Crippen molar-refractivity contribution >= 4 is 29.2 Å². The molecule has 10 nitrogen and oxygen atoms in total. The molecule has 4 rings (SSSR count). The molecule has 3 N–H and O–H groups in total. The Bertz CT molecular complexity index is 1180. The molecule has 2 fully saturated rings. The largest absolute Gasteiger partial charge is 0.490 e. The molecule has 1 atom stereocenters. The number of thiophene rings is 1. The molecule has 0 aromatic carbocycles. The Hall–Kier alpha value is -3.49. The monoisotopic (exact) mass is 713 g/mol. The number of pyridine rings is 1. The molecule has 0 aliphatic carbocycles. The van der Waals surface area contributed by atoms with Crippen LogP contribution in [0.1, 0.15) is 24.0 Å². The Morgan fingerprint density at radius 1 is 0.872 bits per heavy atom. The fourth-order valence-corrected chi connectivity index (χ4v) is 5.47. The lowest BCUT2D eigenvalue weighted by atomic mass is 9.71. The molecule has 4 heterocycles. The van der Waals surface area contributed by atoms with Gasteiger partial charge in [-0.15, -0.1) is 0 Å². The van der Waals surface area contributed by atoms with Crippen LogP contribution in [0, 0.1) is 11.3 Å². The van der Waals surface area contributed by atoms with E-state index in [1.54, 1.807) is 11.3 Å². The third kappa shape index (κ3) is 15.3. The molecule has 2 aliphatic rings. The van der Waals surface area contributed by atoms with Crippen LogP contribution in [-0.2, 0) is 32.2 Å². The summed E-state index contributed by atoms with van der Waals surface area (Å²) in [6, 6.07) is 6.48. The van der Waals surface area contributed by atoms with Crippen LogP contribution in [0.25, 0.3) is 0 Å². The van der Waals surface area contributed by atoms with E-state index in [0.717, 1.165) is 19.7 Å². The predicted octanol–water partition coefficient (Wildman–Crippen LogP) is 5.40. The molecular weight excluding hydrogens is 681 g/mol. The van der Waals surface area contributed by atoms with Gasteiger partial charge in [0.25, 0.3) is 0 Å². The SMILES string of the molecule is COCC1CN(Cc2ccsc2)CC12CCN(Cc1cccnc1)CC2.O=C(O)C(F)(F)F.O=C(O)C(F)(F)F.O=C(O)C(F)(F)F. The smallest absolute Gasteiger partial charge is 0.475 e. The number of carbonyl (C=O) groups is 3. The highest BCUT2D eigenvalue weighted by Gasteiger charge is 2.47. The lowest BCUT2D eigenvalue weighted by Gasteiger charge is -2.42. The van der Waals surface area contributed by atoms with Crippen molar-refractivity contribution in [3.63, 3.8) is 0 Å². The number of piperidine rings is 1. The fraction of sp³-hybridized carbons (Fsp3) is 0.556. The first kappa shape index (κ1) is 41.5. The van der Waals surface area contributed by atoms with Gasteiger partial charge in [0.05, 0.1) is 6.61 Å². The summed E-state index contributed by atoms with van der Waals surface area (Å²) in [5.74, 6) is -7.61. The normalized spacial score (nSPS) is 18.1. The molecule has 0 amide bonds. The zero-order chi connectivity index (χ0) is 36.1. The van der Waals surface area contributed by atoms with Crippen LogP contribution in [-0.4, -0.2) is 106 Å². The van der Waals surface area contributed by atoms with Gasteiger partial charge in [-0.2, -0.15) is 50.9 Å². The van der Waals surface area contributed by atoms with E-state index in [1.807, 2.05) is 25.6 Å². The number of hydrogen-bond acceptors (Lipinski definition) is 8. The first-order valence-electron chi connectivity index (χ1n) is 13.3. The van der Waals surface area contributed by atoms with E-state index >= 15 is 0 Å². The lowest BCUT2D eigenvalue weighted by molar-refractivity contribution is -0.193. The molecule has 0 saturated carbocycles. The van der Waals surface area contributed by atoms with Gasteiger partial charge in [-0.3, -0.25) is 14.8 Å². The molecule has 2 saturated heterocycles. The Morgan fingerprint density at radius 2 is 1.36 bits per heavy atom. The summed E-state index contributed by atoms with van der Waals surface area (Å²) in [5.41, 5.74) is 3.21. The minimum absolute atomic E-state index is 0.428. The standard InChI is InChI=1S/C21H29N3OS.3C2HF3O2/c1-25-15-20-14-24(13-19-4-10-26-16-19)17-21(20)5-8-23(9-6-21)12-18-3-2-7-22-11-18;3*3-2(4,5)1(6)7/h2-4,7,10-11,16,20H,5-6,8-9,12-15,17H2,1H3;3*(H,6,7). The van der Waals surface area contributed by atoms with Gasteiger partial charge in [0.1, 0.15) is 0 Å². The maximum atomic E-state index is 10.6. The molecular formula is C27H32F9N3O7S. The van der Waals surface area contributed by atoms with Crippen LogP contribution in [0.3, 0.4) is 0 Å². The Kier molecular flexibility index (Phi) is 16.0. The molecule has 1 unspecified atom stereocenters. The van der Waals surface area contributed by atoms with Gasteiger partial charge in [0, 0.05) is 51.6 Å². The van der Waals surface area contributed by atoms with Crippen molar-refractivity contribution in [2.24, 2.45) is 11.3 Å². The maximum Gasteiger partial charge on any atom is 0.490 e. The van der Waals surface area contributed by atoms with E-state index in [0.29, 0.717) is 11.3 Å². The zero-order valence-electron chi connectivity index (χ0n) is 24.6. The quantitative estimate of drug-likeness (QED) is 0.334. The van der Waals surface area contributed by atoms with Gasteiger partial charge < -0.3 is 20.1 Å². The first-order valence-corrected chi connectivity index (χ1v) is 14.3. The summed E-state index contributed by atoms with van der Waals surface area (Å²) in [5, 5.41) is 25.8. The number of methoxy groups -OCH3 is 1. The number of ether oxygens (including phenoxy) is 1. The molecule has 0 bridgehead atoms. The molecule has 0 radical (unpaired) electrons. The third-order valence-corrected chi connectivity index (χ3v) is 7.68. The maximum absolute atomic E-state index is 10.6. The van der Waals surface area contributed by atoms with Crippen molar-refractivity contribution in [3.05, 3.63) is 52.5 Å². The molecule has 47 heavy (non-hydrogen) atoms. The highest BCUT2D eigenvalue weighted by atomic mass is 32.1. The van der Waals surface area contributed by atoms with Crippen molar-refractivity contribution in [1.82, 2.24) is 14.8 Å². The van der Waals surface area contributed by atoms with Crippen LogP contribution < -0.4 is 0 Å². The summed E-state index contributed by atoms with van der Waals surface area (Å²) in [7, 11) is 1.85. The minimum atomic E-state index is -5.08. The van der Waals surface area contributed by atoms with E-state index in [2.05, 4.69) is 37.7 Å². The van der Waals surface area contributed by atoms with Gasteiger partial charge in [0.2, 0.25) is 0 Å². The van der Waals surface area contributed by atoms with Crippen molar-refractivity contribution in [3.8, 4) is 0 Å². The van der Waals surface area contributed by atoms with Gasteiger partial charge in [-0.05, 0) is 65.4 Å². The third-order valence-electron chi connectivity index (χ3n) is 6.95. The molecule has 1 spiro atoms. The van der Waals surface area contributed by atoms with Crippen molar-refractivity contribution in [1.29, 1.82) is 0 Å². The summed E-state index contributed by atoms with van der Waals surface area (Å²) in [6.45, 7) is 7.76. The van der Waals surface area contributed by atoms with Crippen LogP contribution in [0.5, 0.6) is 0 Å². The van der Waals surface area contributed by atoms with E-state index in [4.69, 9.17) is 34.4 Å². The number of aliphatic carboxylic acids is 3. The number of halogens is 9. The minimum Gasteiger partial charge on any atom is -0.475 e. The van der Waals surface area contributed by atoms with Gasteiger partial charge >= 0.3 is 36.4 Å². The van der Waals surface area contributed by atoms with Gasteiger partial charge in [-0.1, -0.05) is 6.07 Å². The zero-order valence-corrected chi connectivity index (χ0v) is 25.4. The Morgan fingerprint density at radius 3 is 1.74 bits per heavy atom. The fourth-order valence-electron chi connectivity index (χ4n) is 4.81. The van der Waals surface area contributed by atoms with Crippen molar-refractivity contribution < 1.29 is 74.0 Å². The van der Waals surface area contributed by atoms with Crippen LogP contribution in [0.2, 0.25) is 0 Å². The van der Waals surface area contributed by atoms with E-state index < -0.39 is 36.4 Å². The number of hydrogen-bond donors (Lipinski definition) is 3. The Labute approximate surface area is 266 Å². The summed E-state index contributed by atoms with van der Waals surface area (Å²) in [6.07, 6.45) is -8.84. The summed E-state index contributed by atoms with van der Waals surface area (Å²) in [4.78, 5) is 36.2. The number of nitrogens with zero attached hydrogens (tertiary/aromatic N) is 3. The number of likely N-dealkylation sites (tertiary alicyclic amines) is 2. The first-order chi connectivity index (χ1) is 21.6. The molecule has 2 aromatic heterocycles. The van der Waals surface area contributed by atoms with Crippen LogP contribution in [0.15, 0.2) is 41.4 Å². The number of aromatic nitrogens is 1. The van der Waals surface area contributed by atoms with Crippen molar-refractivity contribution in [2.75, 3.05) is 39.9 Å². The second-order valence-corrected chi connectivity index (χ2v) is 11.1. The van der Waals surface area contributed by atoms with Crippen LogP contribution >= 0.6 is 11.3 Å². The Balaban J connectivity index is 0.000000430. The van der Waals surface area contributed by atoms with E-state index in [1.165, 1.54) is 50.1 Å².